The van der Waals surface area contributed by atoms with Gasteiger partial charge in [-0.15, -0.1) is 0 Å². The van der Waals surface area contributed by atoms with Crippen molar-refractivity contribution < 1.29 is 4.79 Å². The number of anilines is 4. The molecule has 0 saturated carbocycles. The minimum absolute atomic E-state index is 0.284. The fourth-order valence-electron chi connectivity index (χ4n) is 3.35. The molecule has 0 fully saturated rings. The van der Waals surface area contributed by atoms with Crippen LogP contribution in [0.1, 0.15) is 29.4 Å². The normalized spacial score (nSPS) is 10.7. The number of rotatable bonds is 7. The fraction of sp³-hybridized carbons (Fsp3) is 0.200. The van der Waals surface area contributed by atoms with E-state index in [-0.39, 0.29) is 6.03 Å². The zero-order valence-electron chi connectivity index (χ0n) is 19.6. The number of hydrogen-bond acceptors (Lipinski definition) is 6. The van der Waals surface area contributed by atoms with E-state index >= 15 is 0 Å². The Morgan fingerprint density at radius 3 is 2.47 bits per heavy atom. The molecule has 8 nitrogen and oxygen atoms in total. The summed E-state index contributed by atoms with van der Waals surface area (Å²) in [5.74, 6) is 1.49. The number of nitrogens with one attached hydrogen (secondary N) is 4. The van der Waals surface area contributed by atoms with Crippen LogP contribution in [0.4, 0.5) is 27.8 Å². The Bertz CT molecular complexity index is 1320. The average molecular weight is 474 g/mol. The third-order valence-corrected chi connectivity index (χ3v) is 6.04. The molecule has 4 N–H and O–H groups in total. The van der Waals surface area contributed by atoms with Gasteiger partial charge in [-0.1, -0.05) is 19.1 Å². The van der Waals surface area contributed by atoms with E-state index in [1.54, 1.807) is 0 Å². The van der Waals surface area contributed by atoms with Gasteiger partial charge in [0.1, 0.15) is 11.6 Å². The number of aromatic amines is 1. The van der Waals surface area contributed by atoms with E-state index in [1.807, 2.05) is 75.4 Å². The fourth-order valence-corrected chi connectivity index (χ4v) is 4.24. The summed E-state index contributed by atoms with van der Waals surface area (Å²) in [6.45, 7) is 7.98. The molecule has 2 aromatic heterocycles. The molecule has 0 bridgehead atoms. The van der Waals surface area contributed by atoms with E-state index in [1.165, 1.54) is 11.8 Å². The van der Waals surface area contributed by atoms with Crippen molar-refractivity contribution in [2.24, 2.45) is 0 Å². The van der Waals surface area contributed by atoms with Crippen LogP contribution in [0.3, 0.4) is 0 Å². The molecule has 4 aromatic rings. The molecule has 0 atom stereocenters. The van der Waals surface area contributed by atoms with E-state index in [0.29, 0.717) is 16.7 Å². The zero-order chi connectivity index (χ0) is 24.1. The summed E-state index contributed by atoms with van der Waals surface area (Å²) in [6, 6.07) is 17.0. The standard InChI is InChI=1S/C25H27N7OS/c1-5-18-14-23(32-31-18)29-22-13-17(4)26-25(30-22)34-21-10-9-20(12-16(21)3)28-24(33)27-19-8-6-7-15(2)11-19/h6-14H,5H2,1-4H3,(H2,27,28,33)(H2,26,29,30,31,32). The molecule has 0 aliphatic carbocycles. The minimum Gasteiger partial charge on any atom is -0.325 e. The highest BCUT2D eigenvalue weighted by molar-refractivity contribution is 7.99. The summed E-state index contributed by atoms with van der Waals surface area (Å²) in [6.07, 6.45) is 0.861. The Hall–Kier alpha value is -3.85. The van der Waals surface area contributed by atoms with Crippen LogP contribution in [0.25, 0.3) is 0 Å². The first-order chi connectivity index (χ1) is 16.4. The monoisotopic (exact) mass is 473 g/mol. The van der Waals surface area contributed by atoms with Crippen LogP contribution in [0.2, 0.25) is 0 Å². The molecular formula is C25H27N7OS. The van der Waals surface area contributed by atoms with Crippen molar-refractivity contribution in [3.05, 3.63) is 77.1 Å². The van der Waals surface area contributed by atoms with Gasteiger partial charge >= 0.3 is 6.03 Å². The SMILES string of the molecule is CCc1cc(Nc2cc(C)nc(Sc3ccc(NC(=O)Nc4cccc(C)c4)cc3C)n2)[nH]n1. The number of hydrogen-bond donors (Lipinski definition) is 4. The number of benzene rings is 2. The topological polar surface area (TPSA) is 108 Å². The highest BCUT2D eigenvalue weighted by Crippen LogP contribution is 2.31. The Balaban J connectivity index is 1.43. The Morgan fingerprint density at radius 2 is 1.76 bits per heavy atom. The second-order valence-corrected chi connectivity index (χ2v) is 8.97. The number of H-pyrrole nitrogens is 1. The van der Waals surface area contributed by atoms with Crippen LogP contribution in [0.5, 0.6) is 0 Å². The van der Waals surface area contributed by atoms with Crippen LogP contribution in [0, 0.1) is 20.8 Å². The molecule has 0 radical (unpaired) electrons. The zero-order valence-corrected chi connectivity index (χ0v) is 20.4. The van der Waals surface area contributed by atoms with Crippen LogP contribution in [0.15, 0.2) is 64.6 Å². The predicted octanol–water partition coefficient (Wildman–Crippen LogP) is 6.23. The van der Waals surface area contributed by atoms with Gasteiger partial charge in [0.15, 0.2) is 5.16 Å². The van der Waals surface area contributed by atoms with Gasteiger partial charge in [0.25, 0.3) is 0 Å². The molecule has 0 spiro atoms. The second kappa shape index (κ2) is 10.4. The molecule has 0 aliphatic heterocycles. The Labute approximate surface area is 203 Å². The number of amides is 2. The van der Waals surface area contributed by atoms with Gasteiger partial charge in [-0.05, 0) is 80.4 Å². The lowest BCUT2D eigenvalue weighted by Gasteiger charge is -2.11. The number of aromatic nitrogens is 4. The van der Waals surface area contributed by atoms with Gasteiger partial charge in [0, 0.05) is 34.1 Å². The van der Waals surface area contributed by atoms with Crippen LogP contribution >= 0.6 is 11.8 Å². The minimum atomic E-state index is -0.284. The summed E-state index contributed by atoms with van der Waals surface area (Å²) in [4.78, 5) is 22.6. The van der Waals surface area contributed by atoms with Crippen molar-refractivity contribution >= 4 is 40.8 Å². The van der Waals surface area contributed by atoms with Crippen molar-refractivity contribution in [3.8, 4) is 0 Å². The number of aryl methyl sites for hydroxylation is 4. The highest BCUT2D eigenvalue weighted by Gasteiger charge is 2.10. The van der Waals surface area contributed by atoms with Gasteiger partial charge in [-0.2, -0.15) is 5.10 Å². The maximum absolute atomic E-state index is 12.4. The number of carbonyl (C=O) groups is 1. The molecule has 2 amide bonds. The lowest BCUT2D eigenvalue weighted by Crippen LogP contribution is -2.19. The molecule has 0 unspecified atom stereocenters. The molecule has 9 heteroatoms. The van der Waals surface area contributed by atoms with E-state index in [4.69, 9.17) is 0 Å². The lowest BCUT2D eigenvalue weighted by molar-refractivity contribution is 0.262. The van der Waals surface area contributed by atoms with Crippen molar-refractivity contribution in [1.29, 1.82) is 0 Å². The third-order valence-electron chi connectivity index (χ3n) is 5.00. The first-order valence-corrected chi connectivity index (χ1v) is 11.8. The Kier molecular flexibility index (Phi) is 7.12. The van der Waals surface area contributed by atoms with Gasteiger partial charge in [-0.3, -0.25) is 5.10 Å². The summed E-state index contributed by atoms with van der Waals surface area (Å²) in [5, 5.41) is 16.8. The van der Waals surface area contributed by atoms with E-state index in [9.17, 15) is 4.79 Å². The number of carbonyl (C=O) groups excluding carboxylic acids is 1. The smallest absolute Gasteiger partial charge is 0.323 e. The molecule has 0 aliphatic rings. The van der Waals surface area contributed by atoms with E-state index in [0.717, 1.165) is 45.3 Å². The van der Waals surface area contributed by atoms with E-state index in [2.05, 4.69) is 43.0 Å². The predicted molar refractivity (Wildman–Crippen MR) is 137 cm³/mol. The van der Waals surface area contributed by atoms with Crippen LogP contribution < -0.4 is 16.0 Å². The number of urea groups is 1. The number of nitrogens with zero attached hydrogens (tertiary/aromatic N) is 3. The molecule has 2 aromatic carbocycles. The summed E-state index contributed by atoms with van der Waals surface area (Å²) in [7, 11) is 0. The summed E-state index contributed by atoms with van der Waals surface area (Å²) in [5.41, 5.74) is 5.41. The van der Waals surface area contributed by atoms with Crippen LogP contribution in [-0.2, 0) is 6.42 Å². The molecule has 174 valence electrons. The maximum Gasteiger partial charge on any atom is 0.323 e. The second-order valence-electron chi connectivity index (χ2n) is 7.96. The molecular weight excluding hydrogens is 446 g/mol. The van der Waals surface area contributed by atoms with Crippen molar-refractivity contribution in [1.82, 2.24) is 20.2 Å². The van der Waals surface area contributed by atoms with E-state index < -0.39 is 0 Å². The molecule has 4 rings (SSSR count). The summed E-state index contributed by atoms with van der Waals surface area (Å²) >= 11 is 1.48. The molecule has 2 heterocycles. The first-order valence-electron chi connectivity index (χ1n) is 11.0. The maximum atomic E-state index is 12.4. The largest absolute Gasteiger partial charge is 0.325 e. The molecule has 34 heavy (non-hydrogen) atoms. The average Bonchev–Trinajstić information content (AvgIpc) is 3.23. The lowest BCUT2D eigenvalue weighted by atomic mass is 10.2. The van der Waals surface area contributed by atoms with Gasteiger partial charge in [-0.25, -0.2) is 14.8 Å². The van der Waals surface area contributed by atoms with Crippen molar-refractivity contribution in [2.75, 3.05) is 16.0 Å². The third kappa shape index (κ3) is 6.14. The highest BCUT2D eigenvalue weighted by atomic mass is 32.2. The van der Waals surface area contributed by atoms with Crippen molar-refractivity contribution in [3.63, 3.8) is 0 Å². The van der Waals surface area contributed by atoms with Crippen LogP contribution in [-0.4, -0.2) is 26.2 Å². The van der Waals surface area contributed by atoms with Gasteiger partial charge in [0.2, 0.25) is 0 Å². The first kappa shape index (κ1) is 23.3. The quantitative estimate of drug-likeness (QED) is 0.237. The summed E-state index contributed by atoms with van der Waals surface area (Å²) < 4.78 is 0. The van der Waals surface area contributed by atoms with Gasteiger partial charge < -0.3 is 16.0 Å². The van der Waals surface area contributed by atoms with Crippen molar-refractivity contribution in [2.45, 2.75) is 44.2 Å². The van der Waals surface area contributed by atoms with Gasteiger partial charge in [0.05, 0.1) is 5.69 Å². The Morgan fingerprint density at radius 1 is 0.971 bits per heavy atom. The molecule has 0 saturated heterocycles.